The first-order valence-corrected chi connectivity index (χ1v) is 10.3. The molecule has 1 fully saturated rings. The Balaban J connectivity index is 2.00. The fraction of sp³-hybridized carbons (Fsp3) is 0.500. The summed E-state index contributed by atoms with van der Waals surface area (Å²) >= 11 is 1.13. The van der Waals surface area contributed by atoms with Crippen molar-refractivity contribution in [2.75, 3.05) is 7.11 Å². The van der Waals surface area contributed by atoms with E-state index in [2.05, 4.69) is 14.9 Å². The van der Waals surface area contributed by atoms with Crippen LogP contribution in [0.5, 0.6) is 5.75 Å². The molecule has 2 aromatic rings. The summed E-state index contributed by atoms with van der Waals surface area (Å²) in [5.74, 6) is 0.242. The molecular formula is C20H26N4O3S. The second kappa shape index (κ2) is 8.26. The van der Waals surface area contributed by atoms with Gasteiger partial charge in [-0.05, 0) is 62.3 Å². The van der Waals surface area contributed by atoms with Crippen LogP contribution in [0.1, 0.15) is 62.1 Å². The standard InChI is InChI=1S/C20H26N4O3S/c1-5-20(2,3)21-18(25)17(13-6-10-15(27-4)11-7-13)24(14-8-9-14)19(26)16-12-28-23-22-16/h6-7,10-12,14,17H,5,8-9H2,1-4H3,(H,21,25)/t17-/m1/s1. The van der Waals surface area contributed by atoms with Crippen molar-refractivity contribution in [3.8, 4) is 5.75 Å². The van der Waals surface area contributed by atoms with Crippen LogP contribution in [0, 0.1) is 0 Å². The lowest BCUT2D eigenvalue weighted by Crippen LogP contribution is -2.51. The van der Waals surface area contributed by atoms with E-state index < -0.39 is 6.04 Å². The molecule has 1 aromatic heterocycles. The number of amides is 2. The number of nitrogens with one attached hydrogen (secondary N) is 1. The van der Waals surface area contributed by atoms with Crippen LogP contribution < -0.4 is 10.1 Å². The highest BCUT2D eigenvalue weighted by Crippen LogP contribution is 2.36. The van der Waals surface area contributed by atoms with Crippen molar-refractivity contribution in [3.63, 3.8) is 0 Å². The number of benzene rings is 1. The maximum atomic E-state index is 13.4. The maximum Gasteiger partial charge on any atom is 0.276 e. The van der Waals surface area contributed by atoms with Crippen LogP contribution in [-0.4, -0.2) is 45.0 Å². The summed E-state index contributed by atoms with van der Waals surface area (Å²) in [5.41, 5.74) is 0.647. The fourth-order valence-corrected chi connectivity index (χ4v) is 3.38. The molecular weight excluding hydrogens is 376 g/mol. The molecule has 1 aliphatic carbocycles. The Hall–Kier alpha value is -2.48. The average Bonchev–Trinajstić information content (AvgIpc) is 3.37. The van der Waals surface area contributed by atoms with Gasteiger partial charge in [0, 0.05) is 17.0 Å². The molecule has 1 N–H and O–H groups in total. The van der Waals surface area contributed by atoms with Crippen LogP contribution in [0.2, 0.25) is 0 Å². The largest absolute Gasteiger partial charge is 0.497 e. The summed E-state index contributed by atoms with van der Waals surface area (Å²) in [6, 6.07) is 6.57. The smallest absolute Gasteiger partial charge is 0.276 e. The second-order valence-electron chi connectivity index (χ2n) is 7.64. The van der Waals surface area contributed by atoms with Crippen LogP contribution in [0.3, 0.4) is 0 Å². The Morgan fingerprint density at radius 2 is 2.00 bits per heavy atom. The van der Waals surface area contributed by atoms with Gasteiger partial charge in [-0.3, -0.25) is 9.59 Å². The molecule has 1 aliphatic rings. The maximum absolute atomic E-state index is 13.4. The summed E-state index contributed by atoms with van der Waals surface area (Å²) in [4.78, 5) is 28.2. The van der Waals surface area contributed by atoms with Gasteiger partial charge in [-0.2, -0.15) is 0 Å². The van der Waals surface area contributed by atoms with E-state index in [-0.39, 0.29) is 29.1 Å². The quantitative estimate of drug-likeness (QED) is 0.733. The zero-order chi connectivity index (χ0) is 20.3. The number of hydrogen-bond acceptors (Lipinski definition) is 6. The van der Waals surface area contributed by atoms with Gasteiger partial charge in [0.2, 0.25) is 5.91 Å². The third-order valence-corrected chi connectivity index (χ3v) is 5.56. The number of aromatic nitrogens is 2. The third-order valence-electron chi connectivity index (χ3n) is 5.06. The molecule has 0 aliphatic heterocycles. The van der Waals surface area contributed by atoms with Gasteiger partial charge in [0.15, 0.2) is 5.69 Å². The van der Waals surface area contributed by atoms with Crippen molar-refractivity contribution in [1.82, 2.24) is 19.8 Å². The Morgan fingerprint density at radius 3 is 2.50 bits per heavy atom. The first-order chi connectivity index (χ1) is 13.4. The lowest BCUT2D eigenvalue weighted by atomic mass is 9.98. The molecule has 0 spiro atoms. The van der Waals surface area contributed by atoms with Gasteiger partial charge in [-0.1, -0.05) is 23.5 Å². The summed E-state index contributed by atoms with van der Waals surface area (Å²) in [5, 5.41) is 8.65. The van der Waals surface area contributed by atoms with Crippen molar-refractivity contribution in [2.24, 2.45) is 0 Å². The molecule has 1 heterocycles. The van der Waals surface area contributed by atoms with Crippen LogP contribution in [0.15, 0.2) is 29.6 Å². The van der Waals surface area contributed by atoms with E-state index in [1.165, 1.54) is 0 Å². The van der Waals surface area contributed by atoms with E-state index >= 15 is 0 Å². The number of ether oxygens (including phenoxy) is 1. The van der Waals surface area contributed by atoms with Crippen LogP contribution in [0.25, 0.3) is 0 Å². The number of methoxy groups -OCH3 is 1. The number of carbonyl (C=O) groups is 2. The molecule has 1 atom stereocenters. The first kappa shape index (κ1) is 20.3. The monoisotopic (exact) mass is 402 g/mol. The normalized spacial score (nSPS) is 15.0. The first-order valence-electron chi connectivity index (χ1n) is 9.42. The van der Waals surface area contributed by atoms with Gasteiger partial charge >= 0.3 is 0 Å². The van der Waals surface area contributed by atoms with E-state index in [0.29, 0.717) is 5.75 Å². The van der Waals surface area contributed by atoms with Gasteiger partial charge in [0.1, 0.15) is 11.8 Å². The molecule has 1 saturated carbocycles. The average molecular weight is 403 g/mol. The van der Waals surface area contributed by atoms with E-state index in [1.54, 1.807) is 29.5 Å². The molecule has 0 radical (unpaired) electrons. The lowest BCUT2D eigenvalue weighted by molar-refractivity contribution is -0.127. The molecule has 2 amide bonds. The molecule has 150 valence electrons. The van der Waals surface area contributed by atoms with Crippen molar-refractivity contribution < 1.29 is 14.3 Å². The number of rotatable bonds is 8. The van der Waals surface area contributed by atoms with E-state index in [1.807, 2.05) is 32.9 Å². The molecule has 0 bridgehead atoms. The molecule has 0 saturated heterocycles. The van der Waals surface area contributed by atoms with Crippen molar-refractivity contribution in [2.45, 2.75) is 57.7 Å². The molecule has 7 nitrogen and oxygen atoms in total. The number of nitrogens with zero attached hydrogens (tertiary/aromatic N) is 3. The van der Waals surface area contributed by atoms with E-state index in [4.69, 9.17) is 4.74 Å². The van der Waals surface area contributed by atoms with Crippen molar-refractivity contribution in [3.05, 3.63) is 40.9 Å². The SMILES string of the molecule is CCC(C)(C)NC(=O)[C@@H](c1ccc(OC)cc1)N(C(=O)c1csnn1)C1CC1. The zero-order valence-electron chi connectivity index (χ0n) is 16.6. The highest BCUT2D eigenvalue weighted by molar-refractivity contribution is 7.03. The third kappa shape index (κ3) is 4.49. The predicted molar refractivity (Wildman–Crippen MR) is 107 cm³/mol. The Bertz CT molecular complexity index is 816. The van der Waals surface area contributed by atoms with Crippen molar-refractivity contribution in [1.29, 1.82) is 0 Å². The number of hydrogen-bond donors (Lipinski definition) is 1. The highest BCUT2D eigenvalue weighted by atomic mass is 32.1. The van der Waals surface area contributed by atoms with E-state index in [9.17, 15) is 9.59 Å². The second-order valence-corrected chi connectivity index (χ2v) is 8.25. The Labute approximate surface area is 169 Å². The summed E-state index contributed by atoms with van der Waals surface area (Å²) in [6.07, 6.45) is 2.53. The molecule has 0 unspecified atom stereocenters. The van der Waals surface area contributed by atoms with E-state index in [0.717, 1.165) is 36.4 Å². The van der Waals surface area contributed by atoms with Crippen LogP contribution in [0.4, 0.5) is 0 Å². The van der Waals surface area contributed by atoms with Crippen molar-refractivity contribution >= 4 is 23.3 Å². The molecule has 8 heteroatoms. The summed E-state index contributed by atoms with van der Waals surface area (Å²) < 4.78 is 9.04. The lowest BCUT2D eigenvalue weighted by Gasteiger charge is -2.34. The van der Waals surface area contributed by atoms with Gasteiger partial charge in [0.05, 0.1) is 7.11 Å². The minimum Gasteiger partial charge on any atom is -0.497 e. The van der Waals surface area contributed by atoms with Gasteiger partial charge < -0.3 is 15.0 Å². The van der Waals surface area contributed by atoms with Gasteiger partial charge in [0.25, 0.3) is 5.91 Å². The zero-order valence-corrected chi connectivity index (χ0v) is 17.5. The van der Waals surface area contributed by atoms with Crippen LogP contribution in [-0.2, 0) is 4.79 Å². The minimum atomic E-state index is -0.738. The highest BCUT2D eigenvalue weighted by Gasteiger charge is 2.43. The van der Waals surface area contributed by atoms with Crippen LogP contribution >= 0.6 is 11.5 Å². The topological polar surface area (TPSA) is 84.4 Å². The molecule has 28 heavy (non-hydrogen) atoms. The van der Waals surface area contributed by atoms with Gasteiger partial charge in [-0.25, -0.2) is 0 Å². The predicted octanol–water partition coefficient (Wildman–Crippen LogP) is 3.20. The summed E-state index contributed by atoms with van der Waals surface area (Å²) in [6.45, 7) is 5.97. The molecule has 3 rings (SSSR count). The molecule has 1 aromatic carbocycles. The minimum absolute atomic E-state index is 0.0248. The van der Waals surface area contributed by atoms with Gasteiger partial charge in [-0.15, -0.1) is 5.10 Å². The Morgan fingerprint density at radius 1 is 1.32 bits per heavy atom. The Kier molecular flexibility index (Phi) is 5.98. The fourth-order valence-electron chi connectivity index (χ4n) is 2.95. The summed E-state index contributed by atoms with van der Waals surface area (Å²) in [7, 11) is 1.60. The number of carbonyl (C=O) groups excluding carboxylic acids is 2.